The van der Waals surface area contributed by atoms with Gasteiger partial charge in [-0.05, 0) is 6.92 Å². The third-order valence-electron chi connectivity index (χ3n) is 1.29. The van der Waals surface area contributed by atoms with Gasteiger partial charge in [0.2, 0.25) is 0 Å². The van der Waals surface area contributed by atoms with Gasteiger partial charge in [-0.2, -0.15) is 5.10 Å². The lowest BCUT2D eigenvalue weighted by Crippen LogP contribution is -2.17. The Balaban J connectivity index is 3.71. The van der Waals surface area contributed by atoms with E-state index < -0.39 is 0 Å². The van der Waals surface area contributed by atoms with Crippen molar-refractivity contribution in [2.24, 2.45) is 5.10 Å². The Labute approximate surface area is 67.6 Å². The van der Waals surface area contributed by atoms with E-state index in [0.29, 0.717) is 6.42 Å². The molecule has 0 aromatic heterocycles. The van der Waals surface area contributed by atoms with Crippen molar-refractivity contribution in [1.82, 2.24) is 5.43 Å². The fourth-order valence-electron chi connectivity index (χ4n) is 0.741. The van der Waals surface area contributed by atoms with E-state index in [1.165, 1.54) is 0 Å². The monoisotopic (exact) mass is 160 g/mol. The molecular weight excluding hydrogens is 144 g/mol. The molecule has 0 aliphatic rings. The van der Waals surface area contributed by atoms with Crippen molar-refractivity contribution in [3.8, 4) is 0 Å². The Morgan fingerprint density at radius 3 is 2.36 bits per heavy atom. The number of nitrogens with zero attached hydrogens (tertiary/aromatic N) is 1. The number of methoxy groups -OCH3 is 2. The van der Waals surface area contributed by atoms with Crippen LogP contribution in [0.3, 0.4) is 0 Å². The Morgan fingerprint density at radius 2 is 2.00 bits per heavy atom. The summed E-state index contributed by atoms with van der Waals surface area (Å²) in [5, 5.41) is 3.97. The van der Waals surface area contributed by atoms with Gasteiger partial charge in [0.25, 0.3) is 0 Å². The molecule has 0 amide bonds. The summed E-state index contributed by atoms with van der Waals surface area (Å²) in [6.07, 6.45) is 0.500. The third-order valence-corrected chi connectivity index (χ3v) is 1.29. The minimum atomic E-state index is -0.188. The van der Waals surface area contributed by atoms with E-state index in [1.807, 2.05) is 6.92 Å². The van der Waals surface area contributed by atoms with Crippen molar-refractivity contribution in [2.75, 3.05) is 21.3 Å². The summed E-state index contributed by atoms with van der Waals surface area (Å²) >= 11 is 0. The standard InChI is InChI=1S/C7H16N2O2/c1-6(9-8-2)5-7(10-3)11-4/h7-8H,5H2,1-4H3. The maximum Gasteiger partial charge on any atom is 0.162 e. The molecule has 0 saturated carbocycles. The van der Waals surface area contributed by atoms with Gasteiger partial charge in [0.05, 0.1) is 0 Å². The Morgan fingerprint density at radius 1 is 1.45 bits per heavy atom. The smallest absolute Gasteiger partial charge is 0.162 e. The van der Waals surface area contributed by atoms with Gasteiger partial charge in [-0.1, -0.05) is 0 Å². The first-order chi connectivity index (χ1) is 5.24. The molecule has 0 aromatic rings. The lowest BCUT2D eigenvalue weighted by atomic mass is 10.3. The Bertz CT molecular complexity index is 122. The fraction of sp³-hybridized carbons (Fsp3) is 0.857. The van der Waals surface area contributed by atoms with Crippen LogP contribution < -0.4 is 5.43 Å². The highest BCUT2D eigenvalue weighted by atomic mass is 16.7. The number of nitrogens with one attached hydrogen (secondary N) is 1. The highest BCUT2D eigenvalue weighted by Crippen LogP contribution is 1.98. The molecular formula is C7H16N2O2. The lowest BCUT2D eigenvalue weighted by Gasteiger charge is -2.12. The van der Waals surface area contributed by atoms with Gasteiger partial charge in [0.15, 0.2) is 6.29 Å². The maximum atomic E-state index is 4.99. The second-order valence-electron chi connectivity index (χ2n) is 2.18. The highest BCUT2D eigenvalue weighted by molar-refractivity contribution is 5.81. The van der Waals surface area contributed by atoms with Crippen molar-refractivity contribution in [1.29, 1.82) is 0 Å². The predicted molar refractivity (Wildman–Crippen MR) is 44.6 cm³/mol. The molecule has 0 bridgehead atoms. The number of ether oxygens (including phenoxy) is 2. The molecule has 11 heavy (non-hydrogen) atoms. The van der Waals surface area contributed by atoms with E-state index in [2.05, 4.69) is 10.5 Å². The molecule has 0 aromatic carbocycles. The summed E-state index contributed by atoms with van der Waals surface area (Å²) in [6, 6.07) is 0. The number of rotatable bonds is 5. The average Bonchev–Trinajstić information content (AvgIpc) is 2.01. The molecule has 0 aliphatic carbocycles. The molecule has 4 nitrogen and oxygen atoms in total. The van der Waals surface area contributed by atoms with Crippen LogP contribution in [-0.4, -0.2) is 33.3 Å². The van der Waals surface area contributed by atoms with Gasteiger partial charge in [-0.15, -0.1) is 0 Å². The predicted octanol–water partition coefficient (Wildman–Crippen LogP) is 0.591. The average molecular weight is 160 g/mol. The largest absolute Gasteiger partial charge is 0.356 e. The molecule has 0 radical (unpaired) electrons. The number of hydrogen-bond donors (Lipinski definition) is 1. The van der Waals surface area contributed by atoms with Crippen LogP contribution in [0.15, 0.2) is 5.10 Å². The Hall–Kier alpha value is -0.610. The SMILES string of the molecule is CNN=C(C)CC(OC)OC. The summed E-state index contributed by atoms with van der Waals surface area (Å²) < 4.78 is 9.97. The third kappa shape index (κ3) is 4.75. The quantitative estimate of drug-likeness (QED) is 0.363. The molecule has 0 atom stereocenters. The second-order valence-corrected chi connectivity index (χ2v) is 2.18. The number of hydrogen-bond acceptors (Lipinski definition) is 4. The van der Waals surface area contributed by atoms with E-state index in [0.717, 1.165) is 5.71 Å². The van der Waals surface area contributed by atoms with Crippen molar-refractivity contribution in [3.05, 3.63) is 0 Å². The van der Waals surface area contributed by atoms with Crippen LogP contribution in [0.1, 0.15) is 13.3 Å². The Kier molecular flexibility index (Phi) is 5.78. The molecule has 0 aliphatic heterocycles. The minimum absolute atomic E-state index is 0.188. The van der Waals surface area contributed by atoms with Crippen LogP contribution in [0.25, 0.3) is 0 Å². The molecule has 0 unspecified atom stereocenters. The summed E-state index contributed by atoms with van der Waals surface area (Å²) in [4.78, 5) is 0. The molecule has 4 heteroatoms. The minimum Gasteiger partial charge on any atom is -0.356 e. The zero-order valence-corrected chi connectivity index (χ0v) is 7.55. The fourth-order valence-corrected chi connectivity index (χ4v) is 0.741. The van der Waals surface area contributed by atoms with Crippen LogP contribution in [0.2, 0.25) is 0 Å². The van der Waals surface area contributed by atoms with Crippen LogP contribution in [0, 0.1) is 0 Å². The van der Waals surface area contributed by atoms with Crippen molar-refractivity contribution < 1.29 is 9.47 Å². The number of hydrazone groups is 1. The van der Waals surface area contributed by atoms with Gasteiger partial charge >= 0.3 is 0 Å². The lowest BCUT2D eigenvalue weighted by molar-refractivity contribution is -0.0959. The molecule has 0 fully saturated rings. The summed E-state index contributed by atoms with van der Waals surface area (Å²) in [7, 11) is 4.99. The van der Waals surface area contributed by atoms with Gasteiger partial charge < -0.3 is 14.9 Å². The second kappa shape index (κ2) is 6.12. The molecule has 0 spiro atoms. The zero-order chi connectivity index (χ0) is 8.69. The first kappa shape index (κ1) is 10.4. The zero-order valence-electron chi connectivity index (χ0n) is 7.55. The van der Waals surface area contributed by atoms with Gasteiger partial charge in [-0.3, -0.25) is 0 Å². The van der Waals surface area contributed by atoms with Gasteiger partial charge in [0.1, 0.15) is 0 Å². The van der Waals surface area contributed by atoms with Crippen molar-refractivity contribution >= 4 is 5.71 Å². The van der Waals surface area contributed by atoms with Gasteiger partial charge in [0, 0.05) is 33.4 Å². The van der Waals surface area contributed by atoms with Crippen LogP contribution in [-0.2, 0) is 9.47 Å². The molecule has 0 rings (SSSR count). The molecule has 0 saturated heterocycles. The van der Waals surface area contributed by atoms with E-state index in [9.17, 15) is 0 Å². The highest BCUT2D eigenvalue weighted by Gasteiger charge is 2.05. The van der Waals surface area contributed by atoms with Crippen molar-refractivity contribution in [2.45, 2.75) is 19.6 Å². The van der Waals surface area contributed by atoms with E-state index in [4.69, 9.17) is 9.47 Å². The maximum absolute atomic E-state index is 4.99. The topological polar surface area (TPSA) is 42.9 Å². The molecule has 1 N–H and O–H groups in total. The first-order valence-corrected chi connectivity index (χ1v) is 3.50. The summed E-state index contributed by atoms with van der Waals surface area (Å²) in [5.41, 5.74) is 3.66. The first-order valence-electron chi connectivity index (χ1n) is 3.50. The van der Waals surface area contributed by atoms with E-state index in [-0.39, 0.29) is 6.29 Å². The van der Waals surface area contributed by atoms with Gasteiger partial charge in [-0.25, -0.2) is 0 Å². The normalized spacial score (nSPS) is 12.3. The van der Waals surface area contributed by atoms with Crippen LogP contribution in [0.4, 0.5) is 0 Å². The van der Waals surface area contributed by atoms with Crippen LogP contribution >= 0.6 is 0 Å². The summed E-state index contributed by atoms with van der Waals surface area (Å²) in [6.45, 7) is 1.92. The van der Waals surface area contributed by atoms with E-state index >= 15 is 0 Å². The van der Waals surface area contributed by atoms with E-state index in [1.54, 1.807) is 21.3 Å². The van der Waals surface area contributed by atoms with Crippen molar-refractivity contribution in [3.63, 3.8) is 0 Å². The molecule has 0 heterocycles. The molecule has 66 valence electrons. The van der Waals surface area contributed by atoms with Crippen LogP contribution in [0.5, 0.6) is 0 Å². The summed E-state index contributed by atoms with van der Waals surface area (Å²) in [5.74, 6) is 0.